The van der Waals surface area contributed by atoms with Crippen molar-refractivity contribution < 1.29 is 9.53 Å². The average molecular weight is 276 g/mol. The Morgan fingerprint density at radius 3 is 2.80 bits per heavy atom. The number of aryl methyl sites for hydroxylation is 1. The molecule has 0 bridgehead atoms. The van der Waals surface area contributed by atoms with Gasteiger partial charge in [-0.05, 0) is 50.3 Å². The van der Waals surface area contributed by atoms with E-state index in [2.05, 4.69) is 17.6 Å². The minimum absolute atomic E-state index is 0.0124. The van der Waals surface area contributed by atoms with Crippen molar-refractivity contribution in [3.05, 3.63) is 29.3 Å². The zero-order valence-electron chi connectivity index (χ0n) is 12.4. The minimum atomic E-state index is -0.0124. The molecule has 2 N–H and O–H groups in total. The van der Waals surface area contributed by atoms with Crippen LogP contribution < -0.4 is 10.6 Å². The predicted octanol–water partition coefficient (Wildman–Crippen LogP) is 2.58. The molecule has 4 heteroatoms. The van der Waals surface area contributed by atoms with Crippen molar-refractivity contribution in [1.82, 2.24) is 5.32 Å². The molecule has 1 heterocycles. The Hall–Kier alpha value is -1.55. The number of amides is 1. The van der Waals surface area contributed by atoms with E-state index in [4.69, 9.17) is 4.74 Å². The van der Waals surface area contributed by atoms with Crippen LogP contribution in [0, 0.1) is 12.8 Å². The number of anilines is 1. The van der Waals surface area contributed by atoms with Crippen molar-refractivity contribution in [2.45, 2.75) is 26.7 Å². The number of hydrogen-bond donors (Lipinski definition) is 2. The lowest BCUT2D eigenvalue weighted by molar-refractivity contribution is 0.0699. The lowest BCUT2D eigenvalue weighted by atomic mass is 10.00. The van der Waals surface area contributed by atoms with Gasteiger partial charge in [0.1, 0.15) is 0 Å². The van der Waals surface area contributed by atoms with Crippen molar-refractivity contribution in [3.8, 4) is 0 Å². The molecule has 0 aliphatic carbocycles. The zero-order chi connectivity index (χ0) is 14.4. The summed E-state index contributed by atoms with van der Waals surface area (Å²) in [6, 6.07) is 5.82. The molecule has 1 aliphatic rings. The number of hydrogen-bond acceptors (Lipinski definition) is 3. The number of benzene rings is 1. The number of rotatable bonds is 5. The molecule has 1 amide bonds. The second-order valence-corrected chi connectivity index (χ2v) is 5.33. The molecule has 110 valence electrons. The maximum atomic E-state index is 11.9. The first-order valence-corrected chi connectivity index (χ1v) is 7.41. The van der Waals surface area contributed by atoms with Crippen LogP contribution in [0.3, 0.4) is 0 Å². The average Bonchev–Trinajstić information content (AvgIpc) is 2.47. The van der Waals surface area contributed by atoms with Gasteiger partial charge in [0.2, 0.25) is 0 Å². The maximum absolute atomic E-state index is 11.9. The van der Waals surface area contributed by atoms with Crippen LogP contribution in [0.4, 0.5) is 5.69 Å². The van der Waals surface area contributed by atoms with Gasteiger partial charge in [-0.1, -0.05) is 6.07 Å². The van der Waals surface area contributed by atoms with Gasteiger partial charge in [0, 0.05) is 37.6 Å². The largest absolute Gasteiger partial charge is 0.385 e. The normalized spacial score (nSPS) is 15.9. The Balaban J connectivity index is 1.98. The highest BCUT2D eigenvalue weighted by atomic mass is 16.5. The van der Waals surface area contributed by atoms with Crippen LogP contribution in [0.2, 0.25) is 0 Å². The molecule has 0 spiro atoms. The lowest BCUT2D eigenvalue weighted by Gasteiger charge is -2.23. The Kier molecular flexibility index (Phi) is 5.41. The van der Waals surface area contributed by atoms with Crippen LogP contribution in [0.25, 0.3) is 0 Å². The first kappa shape index (κ1) is 14.9. The molecule has 0 unspecified atom stereocenters. The third-order valence-electron chi connectivity index (χ3n) is 3.76. The molecular weight excluding hydrogens is 252 g/mol. The smallest absolute Gasteiger partial charge is 0.251 e. The van der Waals surface area contributed by atoms with Crippen LogP contribution in [0.5, 0.6) is 0 Å². The Morgan fingerprint density at radius 1 is 1.35 bits per heavy atom. The van der Waals surface area contributed by atoms with Crippen LogP contribution in [-0.2, 0) is 4.74 Å². The highest BCUT2D eigenvalue weighted by molar-refractivity contribution is 5.95. The highest BCUT2D eigenvalue weighted by Crippen LogP contribution is 2.20. The van der Waals surface area contributed by atoms with Gasteiger partial charge in [-0.2, -0.15) is 0 Å². The number of carbonyl (C=O) groups is 1. The molecule has 4 nitrogen and oxygen atoms in total. The van der Waals surface area contributed by atoms with Crippen molar-refractivity contribution in [1.29, 1.82) is 0 Å². The zero-order valence-corrected chi connectivity index (χ0v) is 12.4. The van der Waals surface area contributed by atoms with Crippen molar-refractivity contribution >= 4 is 11.6 Å². The maximum Gasteiger partial charge on any atom is 0.251 e. The lowest BCUT2D eigenvalue weighted by Crippen LogP contribution is -2.24. The Bertz CT molecular complexity index is 454. The van der Waals surface area contributed by atoms with Gasteiger partial charge < -0.3 is 15.4 Å². The van der Waals surface area contributed by atoms with Crippen LogP contribution in [-0.4, -0.2) is 32.2 Å². The standard InChI is InChI=1S/C16H24N2O2/c1-3-17-16(19)14-5-4-12(2)15(10-14)18-11-13-6-8-20-9-7-13/h4-5,10,13,18H,3,6-9,11H2,1-2H3,(H,17,19). The second-order valence-electron chi connectivity index (χ2n) is 5.33. The molecule has 0 radical (unpaired) electrons. The van der Waals surface area contributed by atoms with Gasteiger partial charge in [-0.15, -0.1) is 0 Å². The quantitative estimate of drug-likeness (QED) is 0.869. The van der Waals surface area contributed by atoms with Gasteiger partial charge in [0.25, 0.3) is 5.91 Å². The fourth-order valence-electron chi connectivity index (χ4n) is 2.42. The van der Waals surface area contributed by atoms with Gasteiger partial charge in [0.15, 0.2) is 0 Å². The SMILES string of the molecule is CCNC(=O)c1ccc(C)c(NCC2CCOCC2)c1. The van der Waals surface area contributed by atoms with E-state index in [-0.39, 0.29) is 5.91 Å². The third-order valence-corrected chi connectivity index (χ3v) is 3.76. The molecule has 0 atom stereocenters. The number of carbonyl (C=O) groups excluding carboxylic acids is 1. The van der Waals surface area contributed by atoms with E-state index in [9.17, 15) is 4.79 Å². The molecule has 2 rings (SSSR count). The summed E-state index contributed by atoms with van der Waals surface area (Å²) in [5, 5.41) is 6.32. The minimum Gasteiger partial charge on any atom is -0.385 e. The molecule has 1 aliphatic heterocycles. The highest BCUT2D eigenvalue weighted by Gasteiger charge is 2.14. The van der Waals surface area contributed by atoms with E-state index in [1.54, 1.807) is 0 Å². The van der Waals surface area contributed by atoms with Crippen LogP contribution in [0.1, 0.15) is 35.7 Å². The second kappa shape index (κ2) is 7.29. The predicted molar refractivity (Wildman–Crippen MR) is 81.2 cm³/mol. The van der Waals surface area contributed by atoms with Crippen molar-refractivity contribution in [2.24, 2.45) is 5.92 Å². The van der Waals surface area contributed by atoms with Gasteiger partial charge in [0.05, 0.1) is 0 Å². The van der Waals surface area contributed by atoms with Crippen molar-refractivity contribution in [2.75, 3.05) is 31.6 Å². The number of ether oxygens (including phenoxy) is 1. The molecule has 1 fully saturated rings. The first-order valence-electron chi connectivity index (χ1n) is 7.41. The van der Waals surface area contributed by atoms with Crippen LogP contribution in [0.15, 0.2) is 18.2 Å². The van der Waals surface area contributed by atoms with E-state index < -0.39 is 0 Å². The summed E-state index contributed by atoms with van der Waals surface area (Å²) in [6.45, 7) is 7.32. The van der Waals surface area contributed by atoms with Crippen molar-refractivity contribution in [3.63, 3.8) is 0 Å². The van der Waals surface area contributed by atoms with E-state index in [1.165, 1.54) is 5.56 Å². The topological polar surface area (TPSA) is 50.4 Å². The molecule has 0 aromatic heterocycles. The summed E-state index contributed by atoms with van der Waals surface area (Å²) in [5.41, 5.74) is 2.94. The van der Waals surface area contributed by atoms with Crippen LogP contribution >= 0.6 is 0 Å². The summed E-state index contributed by atoms with van der Waals surface area (Å²) >= 11 is 0. The molecule has 0 saturated carbocycles. The molecule has 1 aromatic carbocycles. The fraction of sp³-hybridized carbons (Fsp3) is 0.562. The molecule has 1 aromatic rings. The summed E-state index contributed by atoms with van der Waals surface area (Å²) in [6.07, 6.45) is 2.23. The molecule has 1 saturated heterocycles. The van der Waals surface area contributed by atoms with E-state index in [1.807, 2.05) is 25.1 Å². The van der Waals surface area contributed by atoms with Gasteiger partial charge in [-0.25, -0.2) is 0 Å². The Morgan fingerprint density at radius 2 is 2.10 bits per heavy atom. The first-order chi connectivity index (χ1) is 9.70. The summed E-state index contributed by atoms with van der Waals surface area (Å²) in [7, 11) is 0. The molecule has 20 heavy (non-hydrogen) atoms. The fourth-order valence-corrected chi connectivity index (χ4v) is 2.42. The van der Waals surface area contributed by atoms with Gasteiger partial charge in [-0.3, -0.25) is 4.79 Å². The van der Waals surface area contributed by atoms with Gasteiger partial charge >= 0.3 is 0 Å². The number of nitrogens with one attached hydrogen (secondary N) is 2. The third kappa shape index (κ3) is 3.97. The van der Waals surface area contributed by atoms with E-state index in [0.29, 0.717) is 18.0 Å². The summed E-state index contributed by atoms with van der Waals surface area (Å²) < 4.78 is 5.37. The Labute approximate surface area is 120 Å². The summed E-state index contributed by atoms with van der Waals surface area (Å²) in [5.74, 6) is 0.651. The monoisotopic (exact) mass is 276 g/mol. The van der Waals surface area contributed by atoms with E-state index in [0.717, 1.165) is 38.3 Å². The summed E-state index contributed by atoms with van der Waals surface area (Å²) in [4.78, 5) is 11.9. The molecular formula is C16H24N2O2. The van der Waals surface area contributed by atoms with E-state index >= 15 is 0 Å².